The lowest BCUT2D eigenvalue weighted by Gasteiger charge is -2.28. The fraction of sp³-hybridized carbons (Fsp3) is 0.188. The summed E-state index contributed by atoms with van der Waals surface area (Å²) in [6.45, 7) is 8.51. The largest absolute Gasteiger partial charge is 0.493 e. The highest BCUT2D eigenvalue weighted by Crippen LogP contribution is 2.33. The number of rotatable bonds is 6. The Balaban J connectivity index is 2.25. The number of fused-ring (bicyclic) bond motifs is 1. The van der Waals surface area contributed by atoms with E-state index in [0.29, 0.717) is 13.2 Å². The minimum Gasteiger partial charge on any atom is -0.493 e. The molecule has 2 rings (SSSR count). The molecule has 3 nitrogen and oxygen atoms in total. The highest BCUT2D eigenvalue weighted by atomic mass is 16.5. The lowest BCUT2D eigenvalue weighted by atomic mass is 10.1. The number of benzene rings is 1. The van der Waals surface area contributed by atoms with Crippen LogP contribution in [0.1, 0.15) is 12.0 Å². The smallest absolute Gasteiger partial charge is 0.139 e. The third-order valence-corrected chi connectivity index (χ3v) is 2.94. The molecule has 0 saturated heterocycles. The van der Waals surface area contributed by atoms with E-state index >= 15 is 0 Å². The molecule has 0 unspecified atom stereocenters. The molecule has 0 spiro atoms. The highest BCUT2D eigenvalue weighted by molar-refractivity contribution is 5.80. The van der Waals surface area contributed by atoms with E-state index < -0.39 is 0 Å². The number of nitrogens with zero attached hydrogens (tertiary/aromatic N) is 1. The van der Waals surface area contributed by atoms with Crippen LogP contribution in [0.5, 0.6) is 5.75 Å². The van der Waals surface area contributed by atoms with Crippen molar-refractivity contribution in [1.29, 1.82) is 0 Å². The number of hydrogen-bond donors (Lipinski definition) is 0. The molecule has 0 aliphatic carbocycles. The molecule has 0 radical (unpaired) electrons. The summed E-state index contributed by atoms with van der Waals surface area (Å²) in [5, 5.41) is 0. The van der Waals surface area contributed by atoms with E-state index in [-0.39, 0.29) is 0 Å². The summed E-state index contributed by atoms with van der Waals surface area (Å²) in [6.07, 6.45) is 7.40. The number of carbonyl (C=O) groups is 1. The number of ether oxygens (including phenoxy) is 1. The zero-order valence-corrected chi connectivity index (χ0v) is 10.8. The van der Waals surface area contributed by atoms with E-state index in [2.05, 4.69) is 13.2 Å². The van der Waals surface area contributed by atoms with E-state index in [4.69, 9.17) is 4.74 Å². The lowest BCUT2D eigenvalue weighted by molar-refractivity contribution is -0.106. The minimum atomic E-state index is 0.298. The van der Waals surface area contributed by atoms with Crippen LogP contribution >= 0.6 is 0 Å². The van der Waals surface area contributed by atoms with Crippen molar-refractivity contribution in [3.05, 3.63) is 54.8 Å². The molecular weight excluding hydrogens is 238 g/mol. The van der Waals surface area contributed by atoms with Gasteiger partial charge in [-0.25, -0.2) is 0 Å². The minimum absolute atomic E-state index is 0.298. The fourth-order valence-electron chi connectivity index (χ4n) is 1.97. The van der Waals surface area contributed by atoms with Crippen LogP contribution in [-0.2, 0) is 4.79 Å². The summed E-state index contributed by atoms with van der Waals surface area (Å²) < 4.78 is 5.63. The molecule has 1 aromatic rings. The second-order valence-corrected chi connectivity index (χ2v) is 4.25. The normalized spacial score (nSPS) is 13.1. The average molecular weight is 255 g/mol. The molecule has 1 aliphatic rings. The Bertz CT molecular complexity index is 532. The van der Waals surface area contributed by atoms with Crippen LogP contribution in [0.15, 0.2) is 49.2 Å². The maximum absolute atomic E-state index is 10.8. The van der Waals surface area contributed by atoms with Crippen molar-refractivity contribution in [2.75, 3.05) is 18.1 Å². The third kappa shape index (κ3) is 2.94. The number of carbonyl (C=O) groups excluding carboxylic acids is 1. The molecule has 1 heterocycles. The van der Waals surface area contributed by atoms with Crippen molar-refractivity contribution in [3.8, 4) is 5.75 Å². The average Bonchev–Trinajstić information content (AvgIpc) is 2.42. The van der Waals surface area contributed by atoms with Crippen molar-refractivity contribution >= 4 is 18.0 Å². The number of hydrogen-bond acceptors (Lipinski definition) is 3. The molecule has 0 atom stereocenters. The number of allylic oxidation sites excluding steroid dienone is 1. The van der Waals surface area contributed by atoms with E-state index in [1.54, 1.807) is 0 Å². The van der Waals surface area contributed by atoms with E-state index in [1.807, 2.05) is 41.3 Å². The Morgan fingerprint density at radius 3 is 2.89 bits per heavy atom. The summed E-state index contributed by atoms with van der Waals surface area (Å²) in [5.41, 5.74) is 2.82. The Hall–Kier alpha value is -2.29. The fourth-order valence-corrected chi connectivity index (χ4v) is 1.97. The molecule has 98 valence electrons. The molecule has 0 aromatic heterocycles. The maximum atomic E-state index is 10.8. The SMILES string of the molecule is C=CCCOc1ccc2c(c1)N(CC=O)C(=C)C=C2. The van der Waals surface area contributed by atoms with E-state index in [9.17, 15) is 4.79 Å². The molecule has 19 heavy (non-hydrogen) atoms. The summed E-state index contributed by atoms with van der Waals surface area (Å²) >= 11 is 0. The first-order valence-electron chi connectivity index (χ1n) is 6.22. The summed E-state index contributed by atoms with van der Waals surface area (Å²) in [7, 11) is 0. The predicted octanol–water partition coefficient (Wildman–Crippen LogP) is 3.19. The second kappa shape index (κ2) is 6.05. The number of aldehydes is 1. The van der Waals surface area contributed by atoms with Gasteiger partial charge in [-0.3, -0.25) is 0 Å². The van der Waals surface area contributed by atoms with Crippen LogP contribution in [0, 0.1) is 0 Å². The second-order valence-electron chi connectivity index (χ2n) is 4.25. The Kier molecular flexibility index (Phi) is 4.18. The van der Waals surface area contributed by atoms with Crippen LogP contribution in [0.4, 0.5) is 5.69 Å². The van der Waals surface area contributed by atoms with Crippen LogP contribution in [-0.4, -0.2) is 19.4 Å². The lowest BCUT2D eigenvalue weighted by Crippen LogP contribution is -2.25. The van der Waals surface area contributed by atoms with Crippen LogP contribution < -0.4 is 9.64 Å². The van der Waals surface area contributed by atoms with Gasteiger partial charge in [0.2, 0.25) is 0 Å². The van der Waals surface area contributed by atoms with Gasteiger partial charge in [0, 0.05) is 11.8 Å². The molecule has 0 fully saturated rings. The summed E-state index contributed by atoms with van der Waals surface area (Å²) in [5.74, 6) is 0.791. The van der Waals surface area contributed by atoms with Gasteiger partial charge in [0.15, 0.2) is 0 Å². The van der Waals surface area contributed by atoms with Gasteiger partial charge in [-0.2, -0.15) is 0 Å². The van der Waals surface area contributed by atoms with E-state index in [1.165, 1.54) is 0 Å². The summed E-state index contributed by atoms with van der Waals surface area (Å²) in [4.78, 5) is 12.7. The van der Waals surface area contributed by atoms with Gasteiger partial charge in [0.1, 0.15) is 12.0 Å². The predicted molar refractivity (Wildman–Crippen MR) is 78.3 cm³/mol. The zero-order chi connectivity index (χ0) is 13.7. The molecule has 0 amide bonds. The number of anilines is 1. The first-order chi connectivity index (χ1) is 9.26. The van der Waals surface area contributed by atoms with Crippen molar-refractivity contribution < 1.29 is 9.53 Å². The van der Waals surface area contributed by atoms with Gasteiger partial charge < -0.3 is 14.4 Å². The van der Waals surface area contributed by atoms with Crippen LogP contribution in [0.2, 0.25) is 0 Å². The van der Waals surface area contributed by atoms with Crippen LogP contribution in [0.25, 0.3) is 6.08 Å². The zero-order valence-electron chi connectivity index (χ0n) is 10.8. The van der Waals surface area contributed by atoms with Gasteiger partial charge >= 0.3 is 0 Å². The van der Waals surface area contributed by atoms with Crippen molar-refractivity contribution in [2.24, 2.45) is 0 Å². The molecular formula is C16H17NO2. The Morgan fingerprint density at radius 2 is 2.16 bits per heavy atom. The quantitative estimate of drug-likeness (QED) is 0.444. The molecule has 3 heteroatoms. The molecule has 0 saturated carbocycles. The van der Waals surface area contributed by atoms with E-state index in [0.717, 1.165) is 35.4 Å². The molecule has 0 N–H and O–H groups in total. The standard InChI is InChI=1S/C16H17NO2/c1-3-4-11-19-15-8-7-14-6-5-13(2)17(9-10-18)16(14)12-15/h3,5-8,10,12H,1-2,4,9,11H2. The summed E-state index contributed by atoms with van der Waals surface area (Å²) in [6, 6.07) is 5.86. The van der Waals surface area contributed by atoms with Crippen molar-refractivity contribution in [2.45, 2.75) is 6.42 Å². The van der Waals surface area contributed by atoms with Gasteiger partial charge in [0.05, 0.1) is 18.8 Å². The van der Waals surface area contributed by atoms with Gasteiger partial charge in [-0.05, 0) is 30.2 Å². The van der Waals surface area contributed by atoms with Gasteiger partial charge in [0.25, 0.3) is 0 Å². The monoisotopic (exact) mass is 255 g/mol. The molecule has 0 bridgehead atoms. The first kappa shape index (κ1) is 13.1. The Morgan fingerprint density at radius 1 is 1.32 bits per heavy atom. The van der Waals surface area contributed by atoms with Gasteiger partial charge in [-0.15, -0.1) is 6.58 Å². The molecule has 1 aliphatic heterocycles. The van der Waals surface area contributed by atoms with Crippen molar-refractivity contribution in [1.82, 2.24) is 0 Å². The van der Waals surface area contributed by atoms with Crippen LogP contribution in [0.3, 0.4) is 0 Å². The highest BCUT2D eigenvalue weighted by Gasteiger charge is 2.16. The maximum Gasteiger partial charge on any atom is 0.139 e. The Labute approximate surface area is 113 Å². The first-order valence-corrected chi connectivity index (χ1v) is 6.22. The molecule has 1 aromatic carbocycles. The topological polar surface area (TPSA) is 29.5 Å². The third-order valence-electron chi connectivity index (χ3n) is 2.94. The van der Waals surface area contributed by atoms with Gasteiger partial charge in [-0.1, -0.05) is 18.7 Å². The van der Waals surface area contributed by atoms with Crippen molar-refractivity contribution in [3.63, 3.8) is 0 Å².